The Morgan fingerprint density at radius 3 is 2.56 bits per heavy atom. The molecule has 3 heterocycles. The van der Waals surface area contributed by atoms with E-state index in [1.54, 1.807) is 29.5 Å². The molecule has 7 nitrogen and oxygen atoms in total. The summed E-state index contributed by atoms with van der Waals surface area (Å²) >= 11 is 0. The van der Waals surface area contributed by atoms with E-state index in [1.165, 1.54) is 0 Å². The number of nitrogens with one attached hydrogen (secondary N) is 1. The number of carbonyl (C=O) groups is 1. The third-order valence-electron chi connectivity index (χ3n) is 4.90. The molecule has 2 aromatic carbocycles. The van der Waals surface area contributed by atoms with Crippen LogP contribution in [0.25, 0.3) is 28.4 Å². The minimum atomic E-state index is -0.272. The molecule has 5 rings (SSSR count). The van der Waals surface area contributed by atoms with Crippen LogP contribution in [0.2, 0.25) is 0 Å². The number of carbonyl (C=O) groups excluding carboxylic acids is 1. The lowest BCUT2D eigenvalue weighted by atomic mass is 10.1. The normalized spacial score (nSPS) is 10.8. The molecule has 0 fully saturated rings. The smallest absolute Gasteiger partial charge is 0.259 e. The van der Waals surface area contributed by atoms with Gasteiger partial charge in [0.15, 0.2) is 0 Å². The van der Waals surface area contributed by atoms with Gasteiger partial charge < -0.3 is 9.73 Å². The van der Waals surface area contributed by atoms with Gasteiger partial charge in [-0.2, -0.15) is 5.10 Å². The predicted octanol–water partition coefficient (Wildman–Crippen LogP) is 5.15. The van der Waals surface area contributed by atoms with Crippen molar-refractivity contribution in [1.82, 2.24) is 19.7 Å². The highest BCUT2D eigenvalue weighted by molar-refractivity contribution is 6.08. The molecule has 0 atom stereocenters. The number of amides is 1. The summed E-state index contributed by atoms with van der Waals surface area (Å²) in [5, 5.41) is 7.64. The molecule has 3 aromatic heterocycles. The molecule has 0 saturated heterocycles. The summed E-state index contributed by atoms with van der Waals surface area (Å²) in [6.07, 6.45) is 6.78. The largest absolute Gasteiger partial charge is 0.441 e. The van der Waals surface area contributed by atoms with Gasteiger partial charge in [0, 0.05) is 35.4 Å². The molecule has 0 spiro atoms. The first kappa shape index (κ1) is 19.4. The lowest BCUT2D eigenvalue weighted by Gasteiger charge is -2.06. The number of hydrogen-bond donors (Lipinski definition) is 1. The van der Waals surface area contributed by atoms with E-state index >= 15 is 0 Å². The SMILES string of the molecule is Cc1cnc(-c2cccc(NC(=O)c3cn(-c4ccccc4)nc3-c3cccnc3)c2)o1. The zero-order chi connectivity index (χ0) is 21.9. The highest BCUT2D eigenvalue weighted by Gasteiger charge is 2.19. The number of rotatable bonds is 5. The van der Waals surface area contributed by atoms with Crippen molar-refractivity contribution in [2.24, 2.45) is 0 Å². The van der Waals surface area contributed by atoms with Crippen molar-refractivity contribution >= 4 is 11.6 Å². The molecule has 0 aliphatic rings. The molecule has 0 bridgehead atoms. The number of nitrogens with zero attached hydrogens (tertiary/aromatic N) is 4. The van der Waals surface area contributed by atoms with E-state index in [2.05, 4.69) is 20.4 Å². The summed E-state index contributed by atoms with van der Waals surface area (Å²) in [6, 6.07) is 20.7. The van der Waals surface area contributed by atoms with Gasteiger partial charge in [0.25, 0.3) is 5.91 Å². The minimum Gasteiger partial charge on any atom is -0.441 e. The summed E-state index contributed by atoms with van der Waals surface area (Å²) in [7, 11) is 0. The van der Waals surface area contributed by atoms with E-state index in [1.807, 2.05) is 73.7 Å². The maximum absolute atomic E-state index is 13.3. The van der Waals surface area contributed by atoms with E-state index in [-0.39, 0.29) is 5.91 Å². The maximum atomic E-state index is 13.3. The number of anilines is 1. The van der Waals surface area contributed by atoms with Crippen LogP contribution in [0.15, 0.2) is 95.9 Å². The Hall–Kier alpha value is -4.52. The first-order valence-electron chi connectivity index (χ1n) is 10.1. The fourth-order valence-electron chi connectivity index (χ4n) is 3.39. The zero-order valence-electron chi connectivity index (χ0n) is 17.3. The molecular formula is C25H19N5O2. The molecule has 0 aliphatic heterocycles. The Labute approximate surface area is 184 Å². The molecule has 32 heavy (non-hydrogen) atoms. The van der Waals surface area contributed by atoms with E-state index in [9.17, 15) is 4.79 Å². The van der Waals surface area contributed by atoms with E-state index in [4.69, 9.17) is 4.42 Å². The van der Waals surface area contributed by atoms with Gasteiger partial charge in [0.05, 0.1) is 17.4 Å². The topological polar surface area (TPSA) is 85.8 Å². The Bertz CT molecular complexity index is 1370. The molecule has 0 radical (unpaired) electrons. The van der Waals surface area contributed by atoms with Gasteiger partial charge in [-0.1, -0.05) is 24.3 Å². The summed E-state index contributed by atoms with van der Waals surface area (Å²) in [6.45, 7) is 1.84. The van der Waals surface area contributed by atoms with Crippen LogP contribution in [0, 0.1) is 6.92 Å². The average molecular weight is 421 g/mol. The molecule has 156 valence electrons. The monoisotopic (exact) mass is 421 g/mol. The first-order chi connectivity index (χ1) is 15.7. The second kappa shape index (κ2) is 8.31. The van der Waals surface area contributed by atoms with Crippen LogP contribution >= 0.6 is 0 Å². The number of aromatic nitrogens is 4. The van der Waals surface area contributed by atoms with E-state index in [0.717, 1.165) is 22.6 Å². The Morgan fingerprint density at radius 2 is 1.81 bits per heavy atom. The van der Waals surface area contributed by atoms with Crippen LogP contribution in [0.1, 0.15) is 16.1 Å². The van der Waals surface area contributed by atoms with Crippen LogP contribution in [0.3, 0.4) is 0 Å². The average Bonchev–Trinajstić information content (AvgIpc) is 3.47. The third-order valence-corrected chi connectivity index (χ3v) is 4.90. The van der Waals surface area contributed by atoms with Crippen LogP contribution in [0.5, 0.6) is 0 Å². The molecule has 0 unspecified atom stereocenters. The van der Waals surface area contributed by atoms with Gasteiger partial charge in [-0.05, 0) is 49.4 Å². The number of aryl methyl sites for hydroxylation is 1. The van der Waals surface area contributed by atoms with Crippen LogP contribution in [-0.4, -0.2) is 25.7 Å². The fourth-order valence-corrected chi connectivity index (χ4v) is 3.39. The zero-order valence-corrected chi connectivity index (χ0v) is 17.3. The standard InChI is InChI=1S/C25H19N5O2/c1-17-14-27-25(32-17)18-7-5-9-20(13-18)28-24(31)22-16-30(21-10-3-2-4-11-21)29-23(22)19-8-6-12-26-15-19/h2-16H,1H3,(H,28,31). The summed E-state index contributed by atoms with van der Waals surface area (Å²) in [4.78, 5) is 21.7. The molecule has 0 aliphatic carbocycles. The predicted molar refractivity (Wildman–Crippen MR) is 121 cm³/mol. The maximum Gasteiger partial charge on any atom is 0.259 e. The number of para-hydroxylation sites is 1. The van der Waals surface area contributed by atoms with Crippen molar-refractivity contribution in [1.29, 1.82) is 0 Å². The van der Waals surface area contributed by atoms with E-state index in [0.29, 0.717) is 22.8 Å². The van der Waals surface area contributed by atoms with Gasteiger partial charge in [0.1, 0.15) is 11.5 Å². The first-order valence-corrected chi connectivity index (χ1v) is 10.1. The fraction of sp³-hybridized carbons (Fsp3) is 0.0400. The molecule has 0 saturated carbocycles. The van der Waals surface area contributed by atoms with Crippen LogP contribution in [0.4, 0.5) is 5.69 Å². The highest BCUT2D eigenvalue weighted by Crippen LogP contribution is 2.26. The Balaban J connectivity index is 1.50. The lowest BCUT2D eigenvalue weighted by molar-refractivity contribution is 0.102. The number of benzene rings is 2. The summed E-state index contributed by atoms with van der Waals surface area (Å²) < 4.78 is 7.30. The second-order valence-electron chi connectivity index (χ2n) is 7.22. The van der Waals surface area contributed by atoms with Crippen molar-refractivity contribution in [3.8, 4) is 28.4 Å². The minimum absolute atomic E-state index is 0.272. The summed E-state index contributed by atoms with van der Waals surface area (Å²) in [5.74, 6) is 0.960. The van der Waals surface area contributed by atoms with Gasteiger partial charge in [-0.15, -0.1) is 0 Å². The molecule has 5 aromatic rings. The molecule has 1 N–H and O–H groups in total. The number of hydrogen-bond acceptors (Lipinski definition) is 5. The van der Waals surface area contributed by atoms with Crippen molar-refractivity contribution in [2.45, 2.75) is 6.92 Å². The number of pyridine rings is 1. The second-order valence-corrected chi connectivity index (χ2v) is 7.22. The third kappa shape index (κ3) is 3.91. The van der Waals surface area contributed by atoms with Crippen LogP contribution in [-0.2, 0) is 0 Å². The van der Waals surface area contributed by atoms with Gasteiger partial charge in [-0.25, -0.2) is 9.67 Å². The molecule has 7 heteroatoms. The number of oxazole rings is 1. The highest BCUT2D eigenvalue weighted by atomic mass is 16.4. The van der Waals surface area contributed by atoms with Crippen molar-refractivity contribution < 1.29 is 9.21 Å². The molecule has 1 amide bonds. The van der Waals surface area contributed by atoms with Crippen molar-refractivity contribution in [2.75, 3.05) is 5.32 Å². The van der Waals surface area contributed by atoms with E-state index < -0.39 is 0 Å². The molecular weight excluding hydrogens is 402 g/mol. The van der Waals surface area contributed by atoms with Gasteiger partial charge in [-0.3, -0.25) is 9.78 Å². The van der Waals surface area contributed by atoms with Gasteiger partial charge >= 0.3 is 0 Å². The Morgan fingerprint density at radius 1 is 0.969 bits per heavy atom. The van der Waals surface area contributed by atoms with Crippen molar-refractivity contribution in [3.05, 3.63) is 103 Å². The Kier molecular flexibility index (Phi) is 5.05. The quantitative estimate of drug-likeness (QED) is 0.424. The van der Waals surface area contributed by atoms with Crippen molar-refractivity contribution in [3.63, 3.8) is 0 Å². The van der Waals surface area contributed by atoms with Gasteiger partial charge in [0.2, 0.25) is 5.89 Å². The van der Waals surface area contributed by atoms with Crippen LogP contribution < -0.4 is 5.32 Å². The summed E-state index contributed by atoms with van der Waals surface area (Å²) in [5.41, 5.74) is 4.03. The lowest BCUT2D eigenvalue weighted by Crippen LogP contribution is -2.12.